The van der Waals surface area contributed by atoms with Crippen LogP contribution >= 0.6 is 22.9 Å². The second kappa shape index (κ2) is 4.21. The Bertz CT molecular complexity index is 478. The molecule has 2 atom stereocenters. The van der Waals surface area contributed by atoms with Crippen molar-refractivity contribution in [3.05, 3.63) is 10.7 Å². The van der Waals surface area contributed by atoms with Gasteiger partial charge in [0.05, 0.1) is 18.4 Å². The Morgan fingerprint density at radius 1 is 1.44 bits per heavy atom. The summed E-state index contributed by atoms with van der Waals surface area (Å²) in [5.74, 6) is 0. The van der Waals surface area contributed by atoms with Gasteiger partial charge in [0.15, 0.2) is 8.68 Å². The van der Waals surface area contributed by atoms with E-state index in [-0.39, 0.29) is 21.8 Å². The fourth-order valence-electron chi connectivity index (χ4n) is 1.42. The van der Waals surface area contributed by atoms with Crippen LogP contribution in [0.25, 0.3) is 0 Å². The van der Waals surface area contributed by atoms with Crippen molar-refractivity contribution in [3.8, 4) is 0 Å². The summed E-state index contributed by atoms with van der Waals surface area (Å²) < 4.78 is 25.1. The number of hydrogen-bond donors (Lipinski definition) is 2. The minimum atomic E-state index is -3.70. The molecule has 1 aromatic heterocycles. The van der Waals surface area contributed by atoms with Crippen LogP contribution in [0, 0.1) is 0 Å². The third kappa shape index (κ3) is 2.08. The first kappa shape index (κ1) is 12.2. The lowest BCUT2D eigenvalue weighted by atomic mass is 10.3. The quantitative estimate of drug-likeness (QED) is 0.766. The van der Waals surface area contributed by atoms with Crippen LogP contribution in [0.5, 0.6) is 0 Å². The first-order valence-electron chi connectivity index (χ1n) is 4.39. The molecule has 0 aliphatic carbocycles. The predicted octanol–water partition coefficient (Wildman–Crippen LogP) is -0.477. The zero-order valence-electron chi connectivity index (χ0n) is 7.95. The van der Waals surface area contributed by atoms with Crippen LogP contribution in [-0.4, -0.2) is 53.2 Å². The summed E-state index contributed by atoms with van der Waals surface area (Å²) in [5.41, 5.74) is 0. The summed E-state index contributed by atoms with van der Waals surface area (Å²) in [6.45, 7) is -0.224. The number of aliphatic hydroxyl groups excluding tert-OH is 2. The minimum Gasteiger partial charge on any atom is -0.389 e. The molecule has 1 aromatic rings. The van der Waals surface area contributed by atoms with Gasteiger partial charge in [0.25, 0.3) is 10.0 Å². The van der Waals surface area contributed by atoms with E-state index in [0.717, 1.165) is 15.6 Å². The fourth-order valence-corrected chi connectivity index (χ4v) is 4.34. The third-order valence-corrected chi connectivity index (χ3v) is 5.66. The van der Waals surface area contributed by atoms with E-state index in [2.05, 4.69) is 4.98 Å². The van der Waals surface area contributed by atoms with Gasteiger partial charge in [-0.2, -0.15) is 4.31 Å². The molecule has 0 radical (unpaired) electrons. The molecular formula is C7H9ClN2O4S2. The Morgan fingerprint density at radius 2 is 2.00 bits per heavy atom. The summed E-state index contributed by atoms with van der Waals surface area (Å²) in [4.78, 5) is 3.65. The Balaban J connectivity index is 2.27. The lowest BCUT2D eigenvalue weighted by Crippen LogP contribution is -2.29. The maximum absolute atomic E-state index is 12.0. The first-order valence-corrected chi connectivity index (χ1v) is 7.02. The van der Waals surface area contributed by atoms with Crippen LogP contribution < -0.4 is 0 Å². The summed E-state index contributed by atoms with van der Waals surface area (Å²) in [6, 6.07) is 0. The Kier molecular flexibility index (Phi) is 3.21. The van der Waals surface area contributed by atoms with Crippen molar-refractivity contribution in [2.45, 2.75) is 16.4 Å². The van der Waals surface area contributed by atoms with Gasteiger partial charge in [-0.05, 0) is 0 Å². The van der Waals surface area contributed by atoms with Crippen LogP contribution in [0.4, 0.5) is 0 Å². The van der Waals surface area contributed by atoms with E-state index >= 15 is 0 Å². The molecule has 1 aliphatic rings. The smallest absolute Gasteiger partial charge is 0.254 e. The standard InChI is InChI=1S/C7H9ClN2O4S2/c8-7-9-1-6(15-7)16(13,14)10-2-4(11)5(12)3-10/h1,4-5,11-12H,2-3H2. The van der Waals surface area contributed by atoms with Crippen LogP contribution in [0.3, 0.4) is 0 Å². The number of nitrogens with zero attached hydrogens (tertiary/aromatic N) is 2. The maximum atomic E-state index is 12.0. The molecule has 1 saturated heterocycles. The Morgan fingerprint density at radius 3 is 2.44 bits per heavy atom. The Labute approximate surface area is 101 Å². The molecule has 16 heavy (non-hydrogen) atoms. The molecule has 90 valence electrons. The molecule has 1 fully saturated rings. The van der Waals surface area contributed by atoms with Gasteiger partial charge < -0.3 is 10.2 Å². The normalized spacial score (nSPS) is 27.4. The summed E-state index contributed by atoms with van der Waals surface area (Å²) >= 11 is 6.40. The molecule has 2 heterocycles. The SMILES string of the molecule is O=S(=O)(c1cnc(Cl)s1)N1CC(O)C(O)C1. The zero-order chi connectivity index (χ0) is 11.9. The van der Waals surface area contributed by atoms with Crippen molar-refractivity contribution in [1.29, 1.82) is 0 Å². The molecule has 2 unspecified atom stereocenters. The average Bonchev–Trinajstić information content (AvgIpc) is 2.75. The molecule has 0 saturated carbocycles. The van der Waals surface area contributed by atoms with E-state index in [1.807, 2.05) is 0 Å². The number of hydrogen-bond acceptors (Lipinski definition) is 6. The molecule has 0 bridgehead atoms. The topological polar surface area (TPSA) is 90.7 Å². The number of β-amino-alcohol motifs (C(OH)–C–C–N with tert-alkyl or cyclic N) is 2. The van der Waals surface area contributed by atoms with Crippen molar-refractivity contribution in [3.63, 3.8) is 0 Å². The van der Waals surface area contributed by atoms with Crippen molar-refractivity contribution >= 4 is 33.0 Å². The molecule has 9 heteroatoms. The van der Waals surface area contributed by atoms with Gasteiger partial charge in [0, 0.05) is 13.1 Å². The van der Waals surface area contributed by atoms with Crippen LogP contribution in [0.1, 0.15) is 0 Å². The summed E-state index contributed by atoms with van der Waals surface area (Å²) in [6.07, 6.45) is -0.921. The molecular weight excluding hydrogens is 276 g/mol. The highest BCUT2D eigenvalue weighted by Gasteiger charge is 2.38. The fraction of sp³-hybridized carbons (Fsp3) is 0.571. The van der Waals surface area contributed by atoms with Gasteiger partial charge in [-0.15, -0.1) is 0 Å². The van der Waals surface area contributed by atoms with Gasteiger partial charge in [0.2, 0.25) is 0 Å². The number of rotatable bonds is 2. The average molecular weight is 285 g/mol. The van der Waals surface area contributed by atoms with Crippen LogP contribution in [0.15, 0.2) is 10.4 Å². The van der Waals surface area contributed by atoms with Gasteiger partial charge >= 0.3 is 0 Å². The van der Waals surface area contributed by atoms with Crippen LogP contribution in [0.2, 0.25) is 4.47 Å². The van der Waals surface area contributed by atoms with Gasteiger partial charge in [-0.1, -0.05) is 22.9 Å². The van der Waals surface area contributed by atoms with Crippen LogP contribution in [-0.2, 0) is 10.0 Å². The number of sulfonamides is 1. The largest absolute Gasteiger partial charge is 0.389 e. The van der Waals surface area contributed by atoms with E-state index in [1.165, 1.54) is 6.20 Å². The lowest BCUT2D eigenvalue weighted by molar-refractivity contribution is 0.0572. The molecule has 2 N–H and O–H groups in total. The van der Waals surface area contributed by atoms with Gasteiger partial charge in [-0.3, -0.25) is 0 Å². The minimum absolute atomic E-state index is 0.0128. The predicted molar refractivity (Wildman–Crippen MR) is 57.9 cm³/mol. The van der Waals surface area contributed by atoms with E-state index < -0.39 is 22.2 Å². The first-order chi connectivity index (χ1) is 7.41. The Hall–Kier alpha value is -0.250. The van der Waals surface area contributed by atoms with Crippen molar-refractivity contribution < 1.29 is 18.6 Å². The highest BCUT2D eigenvalue weighted by Crippen LogP contribution is 2.27. The number of aliphatic hydroxyl groups is 2. The molecule has 0 amide bonds. The summed E-state index contributed by atoms with van der Waals surface area (Å²) in [5, 5.41) is 18.6. The molecule has 0 aromatic carbocycles. The zero-order valence-corrected chi connectivity index (χ0v) is 10.3. The highest BCUT2D eigenvalue weighted by atomic mass is 35.5. The molecule has 0 spiro atoms. The maximum Gasteiger partial charge on any atom is 0.254 e. The second-order valence-corrected chi connectivity index (χ2v) is 7.17. The van der Waals surface area contributed by atoms with Gasteiger partial charge in [-0.25, -0.2) is 13.4 Å². The van der Waals surface area contributed by atoms with E-state index in [4.69, 9.17) is 11.6 Å². The number of halogens is 1. The van der Waals surface area contributed by atoms with E-state index in [9.17, 15) is 18.6 Å². The monoisotopic (exact) mass is 284 g/mol. The second-order valence-electron chi connectivity index (χ2n) is 3.39. The molecule has 1 aliphatic heterocycles. The summed E-state index contributed by atoms with van der Waals surface area (Å²) in [7, 11) is -3.70. The van der Waals surface area contributed by atoms with Crippen molar-refractivity contribution in [1.82, 2.24) is 9.29 Å². The number of aromatic nitrogens is 1. The highest BCUT2D eigenvalue weighted by molar-refractivity contribution is 7.91. The lowest BCUT2D eigenvalue weighted by Gasteiger charge is -2.13. The van der Waals surface area contributed by atoms with Gasteiger partial charge in [0.1, 0.15) is 0 Å². The molecule has 6 nitrogen and oxygen atoms in total. The molecule has 2 rings (SSSR count). The van der Waals surface area contributed by atoms with E-state index in [0.29, 0.717) is 0 Å². The van der Waals surface area contributed by atoms with Crippen molar-refractivity contribution in [2.24, 2.45) is 0 Å². The van der Waals surface area contributed by atoms with E-state index in [1.54, 1.807) is 0 Å². The van der Waals surface area contributed by atoms with Crippen molar-refractivity contribution in [2.75, 3.05) is 13.1 Å². The number of thiazole rings is 1. The third-order valence-electron chi connectivity index (χ3n) is 2.28.